The van der Waals surface area contributed by atoms with E-state index in [0.29, 0.717) is 18.1 Å². The number of aryl methyl sites for hydroxylation is 2. The standard InChI is InChI=1S/C28H26ClN9O/c1-16-10-22-21(13-31-33-22)25(26(16)29)24-17(2)38(14-20-6-8-37(20)28(39)36-9-7-30-15-36)34-27(24)18-4-5-23-19(11-18)12-32-35(23)3/h4-5,7,9-13,15,20H,6,8,14H2,1-3H3,(H,31,33)/t20-/m1/s1. The largest absolute Gasteiger partial charge is 0.329 e. The number of imidazole rings is 1. The molecule has 1 fully saturated rings. The van der Waals surface area contributed by atoms with E-state index in [2.05, 4.69) is 45.4 Å². The number of amides is 1. The second kappa shape index (κ2) is 8.81. The third kappa shape index (κ3) is 3.66. The minimum absolute atomic E-state index is 0.0296. The lowest BCUT2D eigenvalue weighted by Gasteiger charge is -2.40. The number of hydrogen-bond acceptors (Lipinski definition) is 5. The number of nitrogens with one attached hydrogen (secondary N) is 1. The maximum atomic E-state index is 13.0. The van der Waals surface area contributed by atoms with Gasteiger partial charge in [-0.05, 0) is 44.0 Å². The van der Waals surface area contributed by atoms with Gasteiger partial charge < -0.3 is 4.90 Å². The van der Waals surface area contributed by atoms with Crippen LogP contribution in [0.1, 0.15) is 17.7 Å². The van der Waals surface area contributed by atoms with Gasteiger partial charge in [0.15, 0.2) is 0 Å². The summed E-state index contributed by atoms with van der Waals surface area (Å²) in [6, 6.07) is 8.24. The molecule has 196 valence electrons. The van der Waals surface area contributed by atoms with Crippen molar-refractivity contribution in [2.75, 3.05) is 6.54 Å². The zero-order valence-corrected chi connectivity index (χ0v) is 22.5. The fourth-order valence-corrected chi connectivity index (χ4v) is 5.83. The molecule has 39 heavy (non-hydrogen) atoms. The Hall–Kier alpha value is -4.44. The number of aromatic amines is 1. The summed E-state index contributed by atoms with van der Waals surface area (Å²) in [4.78, 5) is 18.9. The van der Waals surface area contributed by atoms with Crippen LogP contribution in [-0.4, -0.2) is 62.8 Å². The Morgan fingerprint density at radius 2 is 2.05 bits per heavy atom. The van der Waals surface area contributed by atoms with Gasteiger partial charge in [-0.3, -0.25) is 19.0 Å². The lowest BCUT2D eigenvalue weighted by molar-refractivity contribution is 0.102. The van der Waals surface area contributed by atoms with Crippen molar-refractivity contribution in [3.8, 4) is 22.4 Å². The monoisotopic (exact) mass is 539 g/mol. The first-order valence-corrected chi connectivity index (χ1v) is 13.2. The number of carbonyl (C=O) groups is 1. The van der Waals surface area contributed by atoms with Crippen LogP contribution in [0.4, 0.5) is 4.79 Å². The van der Waals surface area contributed by atoms with Crippen LogP contribution in [0.3, 0.4) is 0 Å². The van der Waals surface area contributed by atoms with Crippen molar-refractivity contribution in [1.82, 2.24) is 44.2 Å². The number of nitrogens with zero attached hydrogens (tertiary/aromatic N) is 8. The van der Waals surface area contributed by atoms with Crippen molar-refractivity contribution >= 4 is 39.4 Å². The molecule has 1 amide bonds. The SMILES string of the molecule is Cc1cc2[nH]ncc2c(-c2c(-c3ccc4c(cnn4C)c3)nn(C[C@H]3CCN3C(=O)n3ccnc3)c2C)c1Cl. The van der Waals surface area contributed by atoms with Gasteiger partial charge in [-0.15, -0.1) is 0 Å². The molecule has 7 rings (SSSR count). The maximum Gasteiger partial charge on any atom is 0.329 e. The second-order valence-electron chi connectivity index (χ2n) is 10.1. The van der Waals surface area contributed by atoms with Crippen LogP contribution in [0.5, 0.6) is 0 Å². The Morgan fingerprint density at radius 1 is 1.18 bits per heavy atom. The molecule has 1 atom stereocenters. The number of halogens is 1. The fourth-order valence-electron chi connectivity index (χ4n) is 5.58. The van der Waals surface area contributed by atoms with E-state index >= 15 is 0 Å². The maximum absolute atomic E-state index is 13.0. The normalized spacial score (nSPS) is 15.4. The predicted octanol–water partition coefficient (Wildman–Crippen LogP) is 5.19. The van der Waals surface area contributed by atoms with E-state index in [0.717, 1.165) is 61.9 Å². The van der Waals surface area contributed by atoms with Crippen molar-refractivity contribution in [2.45, 2.75) is 32.9 Å². The molecule has 2 aromatic carbocycles. The van der Waals surface area contributed by atoms with Crippen LogP contribution in [-0.2, 0) is 13.6 Å². The summed E-state index contributed by atoms with van der Waals surface area (Å²) in [6.07, 6.45) is 9.42. The molecule has 1 aliphatic heterocycles. The highest BCUT2D eigenvalue weighted by Crippen LogP contribution is 2.44. The number of hydrogen-bond donors (Lipinski definition) is 1. The molecule has 6 aromatic rings. The highest BCUT2D eigenvalue weighted by Gasteiger charge is 2.34. The zero-order chi connectivity index (χ0) is 26.8. The number of benzene rings is 2. The first kappa shape index (κ1) is 23.7. The number of fused-ring (bicyclic) bond motifs is 2. The summed E-state index contributed by atoms with van der Waals surface area (Å²) in [5.41, 5.74) is 7.58. The van der Waals surface area contributed by atoms with Crippen molar-refractivity contribution in [2.24, 2.45) is 7.05 Å². The van der Waals surface area contributed by atoms with Crippen LogP contribution >= 0.6 is 11.6 Å². The van der Waals surface area contributed by atoms with Crippen LogP contribution in [0, 0.1) is 13.8 Å². The van der Waals surface area contributed by atoms with Crippen LogP contribution < -0.4 is 0 Å². The van der Waals surface area contributed by atoms with Gasteiger partial charge in [0.25, 0.3) is 0 Å². The molecular formula is C28H26ClN9O. The number of likely N-dealkylation sites (tertiary alicyclic amines) is 1. The van der Waals surface area contributed by atoms with Crippen LogP contribution in [0.15, 0.2) is 55.4 Å². The van der Waals surface area contributed by atoms with E-state index in [1.807, 2.05) is 46.7 Å². The van der Waals surface area contributed by atoms with Gasteiger partial charge in [-0.1, -0.05) is 17.7 Å². The lowest BCUT2D eigenvalue weighted by Crippen LogP contribution is -2.54. The summed E-state index contributed by atoms with van der Waals surface area (Å²) >= 11 is 7.02. The van der Waals surface area contributed by atoms with E-state index in [9.17, 15) is 4.79 Å². The first-order valence-electron chi connectivity index (χ1n) is 12.8. The molecule has 4 aromatic heterocycles. The molecule has 0 radical (unpaired) electrons. The average molecular weight is 540 g/mol. The van der Waals surface area contributed by atoms with E-state index in [-0.39, 0.29) is 12.1 Å². The van der Waals surface area contributed by atoms with Crippen molar-refractivity contribution in [3.05, 3.63) is 71.7 Å². The summed E-state index contributed by atoms with van der Waals surface area (Å²) in [5.74, 6) is 0. The molecule has 0 bridgehead atoms. The Balaban J connectivity index is 1.38. The zero-order valence-electron chi connectivity index (χ0n) is 21.8. The molecular weight excluding hydrogens is 514 g/mol. The highest BCUT2D eigenvalue weighted by atomic mass is 35.5. The molecule has 11 heteroatoms. The minimum Gasteiger partial charge on any atom is -0.319 e. The van der Waals surface area contributed by atoms with Gasteiger partial charge >= 0.3 is 6.03 Å². The third-order valence-electron chi connectivity index (χ3n) is 7.84. The second-order valence-corrected chi connectivity index (χ2v) is 10.5. The van der Waals surface area contributed by atoms with E-state index in [1.165, 1.54) is 10.9 Å². The van der Waals surface area contributed by atoms with E-state index in [4.69, 9.17) is 16.7 Å². The van der Waals surface area contributed by atoms with Gasteiger partial charge in [0.2, 0.25) is 0 Å². The quantitative estimate of drug-likeness (QED) is 0.332. The average Bonchev–Trinajstić information content (AvgIpc) is 3.71. The molecule has 10 nitrogen and oxygen atoms in total. The summed E-state index contributed by atoms with van der Waals surface area (Å²) in [6.45, 7) is 5.35. The Kier molecular flexibility index (Phi) is 5.34. The fraction of sp³-hybridized carbons (Fsp3) is 0.250. The smallest absolute Gasteiger partial charge is 0.319 e. The number of carbonyl (C=O) groups excluding carboxylic acids is 1. The van der Waals surface area contributed by atoms with Gasteiger partial charge in [-0.25, -0.2) is 9.78 Å². The number of H-pyrrole nitrogens is 1. The highest BCUT2D eigenvalue weighted by molar-refractivity contribution is 6.36. The van der Waals surface area contributed by atoms with Gasteiger partial charge in [0, 0.05) is 59.1 Å². The van der Waals surface area contributed by atoms with E-state index < -0.39 is 0 Å². The summed E-state index contributed by atoms with van der Waals surface area (Å²) in [5, 5.41) is 19.6. The molecule has 1 saturated heterocycles. The summed E-state index contributed by atoms with van der Waals surface area (Å²) in [7, 11) is 1.93. The molecule has 0 aliphatic carbocycles. The molecule has 1 N–H and O–H groups in total. The summed E-state index contributed by atoms with van der Waals surface area (Å²) < 4.78 is 5.39. The van der Waals surface area contributed by atoms with Crippen molar-refractivity contribution in [1.29, 1.82) is 0 Å². The lowest BCUT2D eigenvalue weighted by atomic mass is 9.94. The Labute approximate surface area is 228 Å². The van der Waals surface area contributed by atoms with Crippen molar-refractivity contribution < 1.29 is 4.79 Å². The number of aromatic nitrogens is 8. The number of rotatable bonds is 4. The Bertz CT molecular complexity index is 1880. The first-order chi connectivity index (χ1) is 18.9. The molecule has 0 spiro atoms. The van der Waals surface area contributed by atoms with E-state index in [1.54, 1.807) is 12.4 Å². The van der Waals surface area contributed by atoms with Crippen molar-refractivity contribution in [3.63, 3.8) is 0 Å². The van der Waals surface area contributed by atoms with Gasteiger partial charge in [-0.2, -0.15) is 15.3 Å². The molecule has 0 unspecified atom stereocenters. The predicted molar refractivity (Wildman–Crippen MR) is 150 cm³/mol. The topological polar surface area (TPSA) is 102 Å². The molecule has 1 aliphatic rings. The van der Waals surface area contributed by atoms with Crippen LogP contribution in [0.25, 0.3) is 44.2 Å². The molecule has 5 heterocycles. The Morgan fingerprint density at radius 3 is 2.82 bits per heavy atom. The van der Waals surface area contributed by atoms with Crippen LogP contribution in [0.2, 0.25) is 5.02 Å². The van der Waals surface area contributed by atoms with Gasteiger partial charge in [0.05, 0.1) is 41.0 Å². The third-order valence-corrected chi connectivity index (χ3v) is 8.33. The van der Waals surface area contributed by atoms with Gasteiger partial charge in [0.1, 0.15) is 12.0 Å². The minimum atomic E-state index is -0.0714. The molecule has 0 saturated carbocycles.